The Kier molecular flexibility index (Phi) is 6.13. The van der Waals surface area contributed by atoms with Gasteiger partial charge < -0.3 is 10.6 Å². The van der Waals surface area contributed by atoms with Gasteiger partial charge in [-0.1, -0.05) is 19.8 Å². The van der Waals surface area contributed by atoms with Crippen LogP contribution in [0.1, 0.15) is 66.2 Å². The number of hydrogen-bond donors (Lipinski definition) is 2. The Morgan fingerprint density at radius 1 is 1.17 bits per heavy atom. The summed E-state index contributed by atoms with van der Waals surface area (Å²) in [5.74, 6) is 1.03. The maximum atomic E-state index is 11.7. The van der Waals surface area contributed by atoms with Gasteiger partial charge in [-0.2, -0.15) is 0 Å². The Morgan fingerprint density at radius 3 is 2.56 bits per heavy atom. The second kappa shape index (κ2) is 7.13. The van der Waals surface area contributed by atoms with Crippen molar-refractivity contribution in [2.75, 3.05) is 6.54 Å². The number of carbonyl (C=O) groups excluding carboxylic acids is 1. The van der Waals surface area contributed by atoms with Gasteiger partial charge in [0, 0.05) is 24.5 Å². The summed E-state index contributed by atoms with van der Waals surface area (Å²) in [5.41, 5.74) is -0.116. The van der Waals surface area contributed by atoms with E-state index in [1.807, 2.05) is 20.8 Å². The van der Waals surface area contributed by atoms with E-state index in [4.69, 9.17) is 0 Å². The Balaban J connectivity index is 2.15. The molecule has 1 saturated carbocycles. The van der Waals surface area contributed by atoms with E-state index in [-0.39, 0.29) is 11.4 Å². The molecule has 2 atom stereocenters. The lowest BCUT2D eigenvalue weighted by molar-refractivity contribution is -0.122. The summed E-state index contributed by atoms with van der Waals surface area (Å²) in [5, 5.41) is 6.54. The summed E-state index contributed by atoms with van der Waals surface area (Å²) in [6.45, 7) is 9.21. The first-order valence-electron chi connectivity index (χ1n) is 7.41. The van der Waals surface area contributed by atoms with Crippen LogP contribution in [0.5, 0.6) is 0 Å². The topological polar surface area (TPSA) is 41.1 Å². The van der Waals surface area contributed by atoms with E-state index in [1.54, 1.807) is 0 Å². The Morgan fingerprint density at radius 2 is 1.89 bits per heavy atom. The highest BCUT2D eigenvalue weighted by Crippen LogP contribution is 2.22. The predicted molar refractivity (Wildman–Crippen MR) is 76.6 cm³/mol. The van der Waals surface area contributed by atoms with E-state index in [2.05, 4.69) is 17.6 Å². The zero-order valence-corrected chi connectivity index (χ0v) is 12.5. The van der Waals surface area contributed by atoms with Crippen LogP contribution >= 0.6 is 0 Å². The normalized spacial score (nSPS) is 25.6. The van der Waals surface area contributed by atoms with Crippen molar-refractivity contribution in [3.8, 4) is 0 Å². The first-order chi connectivity index (χ1) is 8.37. The molecule has 0 aliphatic heterocycles. The van der Waals surface area contributed by atoms with Gasteiger partial charge in [-0.05, 0) is 46.0 Å². The summed E-state index contributed by atoms with van der Waals surface area (Å²) >= 11 is 0. The van der Waals surface area contributed by atoms with Crippen molar-refractivity contribution in [1.29, 1.82) is 0 Å². The van der Waals surface area contributed by atoms with Crippen LogP contribution in [0.2, 0.25) is 0 Å². The van der Waals surface area contributed by atoms with Gasteiger partial charge in [0.1, 0.15) is 0 Å². The van der Waals surface area contributed by atoms with Gasteiger partial charge in [-0.25, -0.2) is 0 Å². The summed E-state index contributed by atoms with van der Waals surface area (Å²) in [7, 11) is 0. The van der Waals surface area contributed by atoms with Crippen LogP contribution in [0.15, 0.2) is 0 Å². The molecule has 1 fully saturated rings. The molecule has 1 aliphatic rings. The summed E-state index contributed by atoms with van der Waals surface area (Å²) in [6.07, 6.45) is 7.14. The smallest absolute Gasteiger partial charge is 0.221 e. The Labute approximate surface area is 112 Å². The van der Waals surface area contributed by atoms with Crippen LogP contribution in [0.3, 0.4) is 0 Å². The van der Waals surface area contributed by atoms with E-state index >= 15 is 0 Å². The molecule has 1 rings (SSSR count). The zero-order valence-electron chi connectivity index (χ0n) is 12.5. The molecular weight excluding hydrogens is 224 g/mol. The fourth-order valence-electron chi connectivity index (χ4n) is 2.56. The van der Waals surface area contributed by atoms with Gasteiger partial charge in [-0.15, -0.1) is 0 Å². The molecule has 2 unspecified atom stereocenters. The maximum absolute atomic E-state index is 11.7. The molecule has 0 heterocycles. The largest absolute Gasteiger partial charge is 0.351 e. The van der Waals surface area contributed by atoms with Crippen molar-refractivity contribution in [2.24, 2.45) is 5.92 Å². The van der Waals surface area contributed by atoms with Gasteiger partial charge in [0.05, 0.1) is 0 Å². The molecule has 106 valence electrons. The van der Waals surface area contributed by atoms with Crippen molar-refractivity contribution in [2.45, 2.75) is 77.8 Å². The second-order valence-corrected chi connectivity index (χ2v) is 6.81. The highest BCUT2D eigenvalue weighted by Gasteiger charge is 2.17. The van der Waals surface area contributed by atoms with Crippen molar-refractivity contribution in [3.05, 3.63) is 0 Å². The first kappa shape index (κ1) is 15.5. The van der Waals surface area contributed by atoms with Crippen LogP contribution < -0.4 is 10.6 Å². The molecule has 0 aromatic carbocycles. The molecular formula is C15H30N2O. The molecule has 0 aromatic heterocycles. The summed E-state index contributed by atoms with van der Waals surface area (Å²) in [4.78, 5) is 11.7. The molecule has 0 bridgehead atoms. The standard InChI is InChI=1S/C15H30N2O/c1-12-6-5-7-13(9-8-12)16-11-10-14(18)17-15(2,3)4/h12-13,16H,5-11H2,1-4H3,(H,17,18). The first-order valence-corrected chi connectivity index (χ1v) is 7.41. The highest BCUT2D eigenvalue weighted by molar-refractivity contribution is 5.76. The van der Waals surface area contributed by atoms with Crippen LogP contribution in [-0.2, 0) is 4.79 Å². The average molecular weight is 254 g/mol. The third-order valence-electron chi connectivity index (χ3n) is 3.56. The van der Waals surface area contributed by atoms with E-state index in [9.17, 15) is 4.79 Å². The monoisotopic (exact) mass is 254 g/mol. The van der Waals surface area contributed by atoms with Gasteiger partial charge in [0.25, 0.3) is 0 Å². The number of hydrogen-bond acceptors (Lipinski definition) is 2. The zero-order chi connectivity index (χ0) is 13.6. The molecule has 18 heavy (non-hydrogen) atoms. The molecule has 1 amide bonds. The third kappa shape index (κ3) is 7.00. The second-order valence-electron chi connectivity index (χ2n) is 6.81. The lowest BCUT2D eigenvalue weighted by Crippen LogP contribution is -2.42. The SMILES string of the molecule is CC1CCCC(NCCC(=O)NC(C)(C)C)CC1. The minimum absolute atomic E-state index is 0.116. The van der Waals surface area contributed by atoms with Gasteiger partial charge >= 0.3 is 0 Å². The molecule has 3 heteroatoms. The molecule has 0 aromatic rings. The van der Waals surface area contributed by atoms with Gasteiger partial charge in [0.15, 0.2) is 0 Å². The Hall–Kier alpha value is -0.570. The van der Waals surface area contributed by atoms with Crippen molar-refractivity contribution in [1.82, 2.24) is 10.6 Å². The average Bonchev–Trinajstić information content (AvgIpc) is 2.41. The minimum atomic E-state index is -0.116. The lowest BCUT2D eigenvalue weighted by Gasteiger charge is -2.21. The van der Waals surface area contributed by atoms with Crippen LogP contribution in [-0.4, -0.2) is 24.0 Å². The number of nitrogens with one attached hydrogen (secondary N) is 2. The minimum Gasteiger partial charge on any atom is -0.351 e. The quantitative estimate of drug-likeness (QED) is 0.757. The summed E-state index contributed by atoms with van der Waals surface area (Å²) in [6, 6.07) is 0.623. The van der Waals surface area contributed by atoms with E-state index in [0.717, 1.165) is 12.5 Å². The fraction of sp³-hybridized carbons (Fsp3) is 0.933. The predicted octanol–water partition coefficient (Wildman–Crippen LogP) is 2.85. The fourth-order valence-corrected chi connectivity index (χ4v) is 2.56. The van der Waals surface area contributed by atoms with E-state index in [1.165, 1.54) is 32.1 Å². The number of amides is 1. The highest BCUT2D eigenvalue weighted by atomic mass is 16.1. The third-order valence-corrected chi connectivity index (χ3v) is 3.56. The molecule has 2 N–H and O–H groups in total. The molecule has 3 nitrogen and oxygen atoms in total. The van der Waals surface area contributed by atoms with E-state index in [0.29, 0.717) is 12.5 Å². The van der Waals surface area contributed by atoms with E-state index < -0.39 is 0 Å². The Bertz CT molecular complexity index is 258. The summed E-state index contributed by atoms with van der Waals surface area (Å²) < 4.78 is 0. The molecule has 0 spiro atoms. The van der Waals surface area contributed by atoms with Gasteiger partial charge in [0.2, 0.25) is 5.91 Å². The molecule has 0 saturated heterocycles. The van der Waals surface area contributed by atoms with Crippen LogP contribution in [0.4, 0.5) is 0 Å². The van der Waals surface area contributed by atoms with Gasteiger partial charge in [-0.3, -0.25) is 4.79 Å². The van der Waals surface area contributed by atoms with Crippen LogP contribution in [0.25, 0.3) is 0 Å². The van der Waals surface area contributed by atoms with Crippen molar-refractivity contribution >= 4 is 5.91 Å². The lowest BCUT2D eigenvalue weighted by atomic mass is 10.0. The van der Waals surface area contributed by atoms with Crippen molar-refractivity contribution < 1.29 is 4.79 Å². The number of carbonyl (C=O) groups is 1. The van der Waals surface area contributed by atoms with Crippen LogP contribution in [0, 0.1) is 5.92 Å². The number of rotatable bonds is 4. The maximum Gasteiger partial charge on any atom is 0.221 e. The van der Waals surface area contributed by atoms with Crippen molar-refractivity contribution in [3.63, 3.8) is 0 Å². The molecule has 0 radical (unpaired) electrons. The molecule has 1 aliphatic carbocycles.